The Morgan fingerprint density at radius 1 is 1.28 bits per heavy atom. The van der Waals surface area contributed by atoms with Crippen LogP contribution in [-0.4, -0.2) is 29.7 Å². The van der Waals surface area contributed by atoms with E-state index in [2.05, 4.69) is 10.6 Å². The number of nitrogens with one attached hydrogen (secondary N) is 2. The van der Waals surface area contributed by atoms with Crippen LogP contribution in [0.25, 0.3) is 0 Å². The van der Waals surface area contributed by atoms with E-state index in [0.717, 1.165) is 5.56 Å². The second-order valence-electron chi connectivity index (χ2n) is 3.97. The van der Waals surface area contributed by atoms with Gasteiger partial charge in [0.25, 0.3) is 5.91 Å². The van der Waals surface area contributed by atoms with Crippen molar-refractivity contribution in [1.82, 2.24) is 10.6 Å². The molecule has 1 atom stereocenters. The van der Waals surface area contributed by atoms with Crippen molar-refractivity contribution in [2.45, 2.75) is 19.6 Å². The van der Waals surface area contributed by atoms with E-state index in [4.69, 9.17) is 10.8 Å². The van der Waals surface area contributed by atoms with E-state index in [1.807, 2.05) is 0 Å². The van der Waals surface area contributed by atoms with Crippen LogP contribution in [-0.2, 0) is 6.54 Å². The Morgan fingerprint density at radius 3 is 2.39 bits per heavy atom. The molecule has 1 aromatic rings. The number of aliphatic hydroxyl groups excluding tert-OH is 1. The third-order valence-corrected chi connectivity index (χ3v) is 2.24. The monoisotopic (exact) mass is 251 g/mol. The lowest BCUT2D eigenvalue weighted by Gasteiger charge is -2.08. The maximum atomic E-state index is 11.6. The van der Waals surface area contributed by atoms with Gasteiger partial charge in [0.1, 0.15) is 0 Å². The maximum Gasteiger partial charge on any atom is 0.312 e. The van der Waals surface area contributed by atoms with Gasteiger partial charge in [-0.2, -0.15) is 0 Å². The van der Waals surface area contributed by atoms with Gasteiger partial charge >= 0.3 is 6.03 Å². The molecule has 0 aromatic heterocycles. The van der Waals surface area contributed by atoms with Crippen molar-refractivity contribution >= 4 is 11.9 Å². The van der Waals surface area contributed by atoms with E-state index < -0.39 is 12.1 Å². The second-order valence-corrected chi connectivity index (χ2v) is 3.97. The highest BCUT2D eigenvalue weighted by Crippen LogP contribution is 2.04. The molecule has 3 amide bonds. The van der Waals surface area contributed by atoms with Crippen LogP contribution in [0.3, 0.4) is 0 Å². The molecular formula is C12H17N3O3. The SMILES string of the molecule is CC(O)CNC(=O)c1ccc(CNC(N)=O)cc1. The molecule has 5 N–H and O–H groups in total. The highest BCUT2D eigenvalue weighted by atomic mass is 16.3. The summed E-state index contributed by atoms with van der Waals surface area (Å²) in [6.07, 6.45) is -0.576. The first-order valence-electron chi connectivity index (χ1n) is 5.57. The van der Waals surface area contributed by atoms with Crippen molar-refractivity contribution < 1.29 is 14.7 Å². The lowest BCUT2D eigenvalue weighted by molar-refractivity contribution is 0.0924. The molecule has 0 heterocycles. The van der Waals surface area contributed by atoms with Crippen LogP contribution in [0.5, 0.6) is 0 Å². The minimum absolute atomic E-state index is 0.212. The fourth-order valence-corrected chi connectivity index (χ4v) is 1.31. The molecule has 6 heteroatoms. The second kappa shape index (κ2) is 6.61. The molecule has 18 heavy (non-hydrogen) atoms. The quantitative estimate of drug-likeness (QED) is 0.590. The highest BCUT2D eigenvalue weighted by molar-refractivity contribution is 5.94. The number of primary amides is 1. The summed E-state index contributed by atoms with van der Waals surface area (Å²) in [5, 5.41) is 14.1. The van der Waals surface area contributed by atoms with Gasteiger partial charge in [-0.15, -0.1) is 0 Å². The number of hydrogen-bond donors (Lipinski definition) is 4. The van der Waals surface area contributed by atoms with Crippen molar-refractivity contribution in [3.63, 3.8) is 0 Å². The molecule has 1 rings (SSSR count). The first-order chi connectivity index (χ1) is 8.49. The summed E-state index contributed by atoms with van der Waals surface area (Å²) >= 11 is 0. The van der Waals surface area contributed by atoms with Crippen molar-refractivity contribution in [2.75, 3.05) is 6.54 Å². The summed E-state index contributed by atoms with van der Waals surface area (Å²) in [5.74, 6) is -0.245. The van der Waals surface area contributed by atoms with Crippen LogP contribution in [0.1, 0.15) is 22.8 Å². The Bertz CT molecular complexity index is 415. The Kier molecular flexibility index (Phi) is 5.13. The fourth-order valence-electron chi connectivity index (χ4n) is 1.31. The molecule has 1 unspecified atom stereocenters. The zero-order valence-electron chi connectivity index (χ0n) is 10.1. The Balaban J connectivity index is 2.53. The smallest absolute Gasteiger partial charge is 0.312 e. The lowest BCUT2D eigenvalue weighted by atomic mass is 10.1. The van der Waals surface area contributed by atoms with E-state index >= 15 is 0 Å². The van der Waals surface area contributed by atoms with Crippen molar-refractivity contribution in [3.05, 3.63) is 35.4 Å². The van der Waals surface area contributed by atoms with Gasteiger partial charge in [0.05, 0.1) is 6.10 Å². The normalized spacial score (nSPS) is 11.7. The van der Waals surface area contributed by atoms with E-state index in [1.54, 1.807) is 31.2 Å². The number of hydrogen-bond acceptors (Lipinski definition) is 3. The number of aliphatic hydroxyl groups is 1. The summed E-state index contributed by atoms with van der Waals surface area (Å²) in [6, 6.07) is 6.17. The summed E-state index contributed by atoms with van der Waals surface area (Å²) in [7, 11) is 0. The van der Waals surface area contributed by atoms with Crippen molar-refractivity contribution in [1.29, 1.82) is 0 Å². The fraction of sp³-hybridized carbons (Fsp3) is 0.333. The van der Waals surface area contributed by atoms with Gasteiger partial charge in [-0.3, -0.25) is 4.79 Å². The lowest BCUT2D eigenvalue weighted by Crippen LogP contribution is -2.30. The molecule has 0 saturated heterocycles. The number of urea groups is 1. The molecule has 0 radical (unpaired) electrons. The topological polar surface area (TPSA) is 104 Å². The summed E-state index contributed by atoms with van der Waals surface area (Å²) in [4.78, 5) is 22.1. The zero-order valence-corrected chi connectivity index (χ0v) is 10.1. The minimum atomic E-state index is -0.589. The molecular weight excluding hydrogens is 234 g/mol. The predicted molar refractivity (Wildman–Crippen MR) is 66.9 cm³/mol. The van der Waals surface area contributed by atoms with E-state index in [1.165, 1.54) is 0 Å². The van der Waals surface area contributed by atoms with E-state index in [-0.39, 0.29) is 12.5 Å². The molecule has 0 fully saturated rings. The van der Waals surface area contributed by atoms with Crippen LogP contribution in [0, 0.1) is 0 Å². The number of carbonyl (C=O) groups excluding carboxylic acids is 2. The van der Waals surface area contributed by atoms with Gasteiger partial charge in [-0.05, 0) is 24.6 Å². The number of rotatable bonds is 5. The number of amides is 3. The third kappa shape index (κ3) is 4.84. The predicted octanol–water partition coefficient (Wildman–Crippen LogP) is -0.0345. The Morgan fingerprint density at radius 2 is 1.89 bits per heavy atom. The summed E-state index contributed by atoms with van der Waals surface area (Å²) in [5.41, 5.74) is 6.30. The third-order valence-electron chi connectivity index (χ3n) is 2.24. The average Bonchev–Trinajstić information content (AvgIpc) is 2.34. The van der Waals surface area contributed by atoms with Crippen LogP contribution in [0.2, 0.25) is 0 Å². The van der Waals surface area contributed by atoms with Crippen LogP contribution >= 0.6 is 0 Å². The Labute approximate surface area is 105 Å². The van der Waals surface area contributed by atoms with Gasteiger partial charge in [0, 0.05) is 18.7 Å². The van der Waals surface area contributed by atoms with Crippen molar-refractivity contribution in [2.24, 2.45) is 5.73 Å². The molecule has 0 aliphatic rings. The van der Waals surface area contributed by atoms with Gasteiger partial charge < -0.3 is 21.5 Å². The summed E-state index contributed by atoms with van der Waals surface area (Å²) < 4.78 is 0. The molecule has 98 valence electrons. The number of benzene rings is 1. The van der Waals surface area contributed by atoms with Crippen LogP contribution in [0.4, 0.5) is 4.79 Å². The number of nitrogens with two attached hydrogens (primary N) is 1. The zero-order chi connectivity index (χ0) is 13.5. The van der Waals surface area contributed by atoms with Gasteiger partial charge in [-0.25, -0.2) is 4.79 Å². The Hall–Kier alpha value is -2.08. The van der Waals surface area contributed by atoms with Gasteiger partial charge in [0.15, 0.2) is 0 Å². The standard InChI is InChI=1S/C12H17N3O3/c1-8(16)6-14-11(17)10-4-2-9(3-5-10)7-15-12(13)18/h2-5,8,16H,6-7H2,1H3,(H,14,17)(H3,13,15,18). The first-order valence-corrected chi connectivity index (χ1v) is 5.57. The van der Waals surface area contributed by atoms with Gasteiger partial charge in [0.2, 0.25) is 0 Å². The largest absolute Gasteiger partial charge is 0.392 e. The molecule has 0 aliphatic heterocycles. The van der Waals surface area contributed by atoms with E-state index in [9.17, 15) is 9.59 Å². The highest BCUT2D eigenvalue weighted by Gasteiger charge is 2.06. The summed E-state index contributed by atoms with van der Waals surface area (Å²) in [6.45, 7) is 2.13. The number of carbonyl (C=O) groups is 2. The molecule has 0 spiro atoms. The van der Waals surface area contributed by atoms with Crippen LogP contribution in [0.15, 0.2) is 24.3 Å². The van der Waals surface area contributed by atoms with E-state index in [0.29, 0.717) is 12.1 Å². The maximum absolute atomic E-state index is 11.6. The molecule has 0 aliphatic carbocycles. The van der Waals surface area contributed by atoms with Crippen molar-refractivity contribution in [3.8, 4) is 0 Å². The van der Waals surface area contributed by atoms with Gasteiger partial charge in [-0.1, -0.05) is 12.1 Å². The first kappa shape index (κ1) is 14.0. The molecule has 1 aromatic carbocycles. The van der Waals surface area contributed by atoms with Crippen LogP contribution < -0.4 is 16.4 Å². The average molecular weight is 251 g/mol. The molecule has 0 bridgehead atoms. The molecule has 0 saturated carbocycles. The molecule has 6 nitrogen and oxygen atoms in total. The minimum Gasteiger partial charge on any atom is -0.392 e.